The zero-order chi connectivity index (χ0) is 22.6. The maximum absolute atomic E-state index is 12.9. The molecule has 0 bridgehead atoms. The van der Waals surface area contributed by atoms with Crippen LogP contribution in [0.1, 0.15) is 29.9 Å². The molecule has 162 valence electrons. The number of carbonyl (C=O) groups excluding carboxylic acids is 1. The number of rotatable bonds is 8. The van der Waals surface area contributed by atoms with Gasteiger partial charge in [-0.25, -0.2) is 18.4 Å². The fraction of sp³-hybridized carbons (Fsp3) is 0.190. The molecule has 0 fully saturated rings. The van der Waals surface area contributed by atoms with Crippen LogP contribution in [0.3, 0.4) is 0 Å². The first-order valence-corrected chi connectivity index (χ1v) is 11.1. The minimum Gasteiger partial charge on any atom is -0.491 e. The molecule has 1 aromatic carbocycles. The van der Waals surface area contributed by atoms with E-state index in [1.54, 1.807) is 12.1 Å². The number of anilines is 1. The highest BCUT2D eigenvalue weighted by atomic mass is 35.5. The Morgan fingerprint density at radius 2 is 1.77 bits per heavy atom. The van der Waals surface area contributed by atoms with Crippen molar-refractivity contribution in [2.24, 2.45) is 0 Å². The average Bonchev–Trinajstić information content (AvgIpc) is 2.73. The van der Waals surface area contributed by atoms with E-state index in [0.29, 0.717) is 11.6 Å². The Morgan fingerprint density at radius 3 is 2.35 bits per heavy atom. The first kappa shape index (κ1) is 22.5. The summed E-state index contributed by atoms with van der Waals surface area (Å²) in [5.74, 6) is 0.359. The number of ketones is 1. The van der Waals surface area contributed by atoms with Crippen molar-refractivity contribution in [1.29, 1.82) is 0 Å². The van der Waals surface area contributed by atoms with Crippen LogP contribution in [-0.4, -0.2) is 37.4 Å². The van der Waals surface area contributed by atoms with Crippen LogP contribution in [0.25, 0.3) is 0 Å². The SMILES string of the molecule is COc1ccc(C(=O)c2ncc(Cl)cc2NS(=O)(=O)c2ccc(OC(C)C)cc2)cn1. The number of ether oxygens (including phenoxy) is 2. The van der Waals surface area contributed by atoms with E-state index in [1.807, 2.05) is 13.8 Å². The summed E-state index contributed by atoms with van der Waals surface area (Å²) in [6.07, 6.45) is 2.55. The monoisotopic (exact) mass is 461 g/mol. The van der Waals surface area contributed by atoms with Gasteiger partial charge in [0.15, 0.2) is 0 Å². The van der Waals surface area contributed by atoms with Gasteiger partial charge in [-0.15, -0.1) is 0 Å². The largest absolute Gasteiger partial charge is 0.491 e. The van der Waals surface area contributed by atoms with Gasteiger partial charge in [0.25, 0.3) is 10.0 Å². The van der Waals surface area contributed by atoms with Crippen molar-refractivity contribution in [3.63, 3.8) is 0 Å². The molecule has 0 atom stereocenters. The number of aromatic nitrogens is 2. The molecule has 10 heteroatoms. The molecule has 2 heterocycles. The number of sulfonamides is 1. The van der Waals surface area contributed by atoms with Gasteiger partial charge >= 0.3 is 0 Å². The maximum atomic E-state index is 12.9. The van der Waals surface area contributed by atoms with Gasteiger partial charge in [0.1, 0.15) is 11.4 Å². The summed E-state index contributed by atoms with van der Waals surface area (Å²) < 4.78 is 38.7. The Labute approximate surface area is 185 Å². The third-order valence-corrected chi connectivity index (χ3v) is 5.62. The van der Waals surface area contributed by atoms with E-state index in [1.165, 1.54) is 49.8 Å². The number of benzene rings is 1. The molecule has 0 unspecified atom stereocenters. The van der Waals surface area contributed by atoms with Crippen LogP contribution < -0.4 is 14.2 Å². The second-order valence-corrected chi connectivity index (χ2v) is 8.83. The molecule has 0 aliphatic rings. The number of pyridine rings is 2. The topological polar surface area (TPSA) is 107 Å². The third-order valence-electron chi connectivity index (χ3n) is 4.03. The average molecular weight is 462 g/mol. The van der Waals surface area contributed by atoms with Crippen LogP contribution in [0.2, 0.25) is 5.02 Å². The summed E-state index contributed by atoms with van der Waals surface area (Å²) in [6.45, 7) is 3.74. The Morgan fingerprint density at radius 1 is 1.06 bits per heavy atom. The highest BCUT2D eigenvalue weighted by Gasteiger charge is 2.22. The summed E-state index contributed by atoms with van der Waals surface area (Å²) in [6, 6.07) is 10.3. The summed E-state index contributed by atoms with van der Waals surface area (Å²) >= 11 is 6.00. The maximum Gasteiger partial charge on any atom is 0.261 e. The van der Waals surface area contributed by atoms with Crippen LogP contribution in [0, 0.1) is 0 Å². The molecule has 3 rings (SSSR count). The van der Waals surface area contributed by atoms with Gasteiger partial charge in [0.2, 0.25) is 11.7 Å². The van der Waals surface area contributed by atoms with Gasteiger partial charge in [-0.2, -0.15) is 0 Å². The van der Waals surface area contributed by atoms with E-state index >= 15 is 0 Å². The molecule has 0 spiro atoms. The van der Waals surface area contributed by atoms with Crippen molar-refractivity contribution < 1.29 is 22.7 Å². The molecule has 31 heavy (non-hydrogen) atoms. The lowest BCUT2D eigenvalue weighted by Gasteiger charge is -2.13. The second kappa shape index (κ2) is 9.32. The van der Waals surface area contributed by atoms with Crippen LogP contribution in [0.5, 0.6) is 11.6 Å². The van der Waals surface area contributed by atoms with Crippen molar-refractivity contribution in [2.75, 3.05) is 11.8 Å². The lowest BCUT2D eigenvalue weighted by atomic mass is 10.1. The highest BCUT2D eigenvalue weighted by molar-refractivity contribution is 7.92. The molecule has 2 aromatic heterocycles. The van der Waals surface area contributed by atoms with Gasteiger partial charge in [0.05, 0.1) is 28.8 Å². The molecular weight excluding hydrogens is 442 g/mol. The number of carbonyl (C=O) groups is 1. The van der Waals surface area contributed by atoms with Crippen molar-refractivity contribution in [3.05, 3.63) is 71.1 Å². The summed E-state index contributed by atoms with van der Waals surface area (Å²) in [4.78, 5) is 20.9. The van der Waals surface area contributed by atoms with Crippen molar-refractivity contribution in [2.45, 2.75) is 24.8 Å². The molecule has 0 radical (unpaired) electrons. The molecule has 0 amide bonds. The number of methoxy groups -OCH3 is 1. The van der Waals surface area contributed by atoms with E-state index in [9.17, 15) is 13.2 Å². The number of hydrogen-bond acceptors (Lipinski definition) is 7. The van der Waals surface area contributed by atoms with E-state index < -0.39 is 15.8 Å². The normalized spacial score (nSPS) is 11.3. The molecule has 0 aliphatic carbocycles. The molecule has 8 nitrogen and oxygen atoms in total. The van der Waals surface area contributed by atoms with E-state index in [4.69, 9.17) is 21.1 Å². The molecule has 1 N–H and O–H groups in total. The lowest BCUT2D eigenvalue weighted by Crippen LogP contribution is -2.17. The molecular formula is C21H20ClN3O5S. The van der Waals surface area contributed by atoms with Gasteiger partial charge in [-0.05, 0) is 50.2 Å². The second-order valence-electron chi connectivity index (χ2n) is 6.71. The number of halogens is 1. The quantitative estimate of drug-likeness (QED) is 0.506. The standard InChI is InChI=1S/C21H20ClN3O5S/c1-13(2)30-16-5-7-17(8-6-16)31(27,28)25-18-10-15(22)12-24-20(18)21(26)14-4-9-19(29-3)23-11-14/h4-13,25H,1-3H3. The zero-order valence-corrected chi connectivity index (χ0v) is 18.6. The van der Waals surface area contributed by atoms with E-state index in [0.717, 1.165) is 0 Å². The van der Waals surface area contributed by atoms with E-state index in [2.05, 4.69) is 14.7 Å². The van der Waals surface area contributed by atoms with Crippen LogP contribution in [-0.2, 0) is 10.0 Å². The fourth-order valence-corrected chi connectivity index (χ4v) is 3.86. The zero-order valence-electron chi connectivity index (χ0n) is 17.0. The molecule has 3 aromatic rings. The van der Waals surface area contributed by atoms with Crippen LogP contribution in [0.15, 0.2) is 59.8 Å². The van der Waals surface area contributed by atoms with Gasteiger partial charge in [0, 0.05) is 24.0 Å². The van der Waals surface area contributed by atoms with Gasteiger partial charge < -0.3 is 9.47 Å². The van der Waals surface area contributed by atoms with E-state index in [-0.39, 0.29) is 33.0 Å². The van der Waals surface area contributed by atoms with Crippen LogP contribution in [0.4, 0.5) is 5.69 Å². The van der Waals surface area contributed by atoms with Gasteiger partial charge in [-0.1, -0.05) is 11.6 Å². The molecule has 0 saturated heterocycles. The summed E-state index contributed by atoms with van der Waals surface area (Å²) in [7, 11) is -2.56. The molecule has 0 aliphatic heterocycles. The van der Waals surface area contributed by atoms with Crippen LogP contribution >= 0.6 is 11.6 Å². The first-order chi connectivity index (χ1) is 14.7. The third kappa shape index (κ3) is 5.50. The van der Waals surface area contributed by atoms with Crippen molar-refractivity contribution in [1.82, 2.24) is 9.97 Å². The Bertz CT molecular complexity index is 1180. The minimum absolute atomic E-state index is 0.00639. The predicted octanol–water partition coefficient (Wildman–Crippen LogP) is 3.96. The highest BCUT2D eigenvalue weighted by Crippen LogP contribution is 2.25. The predicted molar refractivity (Wildman–Crippen MR) is 116 cm³/mol. The lowest BCUT2D eigenvalue weighted by molar-refractivity contribution is 0.103. The number of nitrogens with one attached hydrogen (secondary N) is 1. The van der Waals surface area contributed by atoms with Crippen molar-refractivity contribution in [3.8, 4) is 11.6 Å². The Hall–Kier alpha value is -3.17. The minimum atomic E-state index is -4.02. The number of nitrogens with zero attached hydrogens (tertiary/aromatic N) is 2. The van der Waals surface area contributed by atoms with Gasteiger partial charge in [-0.3, -0.25) is 9.52 Å². The fourth-order valence-electron chi connectivity index (χ4n) is 2.64. The Kier molecular flexibility index (Phi) is 6.77. The number of hydrogen-bond donors (Lipinski definition) is 1. The summed E-state index contributed by atoms with van der Waals surface area (Å²) in [5, 5.41) is 0.169. The Balaban J connectivity index is 1.91. The smallest absolute Gasteiger partial charge is 0.261 e. The first-order valence-electron chi connectivity index (χ1n) is 9.19. The molecule has 0 saturated carbocycles. The summed E-state index contributed by atoms with van der Waals surface area (Å²) in [5.41, 5.74) is 0.0572. The van der Waals surface area contributed by atoms with Crippen molar-refractivity contribution >= 4 is 33.1 Å².